The number of methoxy groups -OCH3 is 3. The number of benzene rings is 3. The number of anilines is 3. The van der Waals surface area contributed by atoms with Crippen molar-refractivity contribution in [3.63, 3.8) is 0 Å². The number of carbonyl (C=O) groups is 1. The Morgan fingerprint density at radius 3 is 2.23 bits per heavy atom. The number of hydrogen-bond donors (Lipinski definition) is 2. The summed E-state index contributed by atoms with van der Waals surface area (Å²) in [5.74, 6) is 1.31. The van der Waals surface area contributed by atoms with E-state index < -0.39 is 15.9 Å². The van der Waals surface area contributed by atoms with Crippen LogP contribution in [0.5, 0.6) is 17.2 Å². The zero-order valence-corrected chi connectivity index (χ0v) is 22.8. The fourth-order valence-corrected chi connectivity index (χ4v) is 5.37. The van der Waals surface area contributed by atoms with E-state index >= 15 is 0 Å². The molecule has 1 fully saturated rings. The predicted octanol–water partition coefficient (Wildman–Crippen LogP) is 4.00. The summed E-state index contributed by atoms with van der Waals surface area (Å²) in [6, 6.07) is 16.7. The van der Waals surface area contributed by atoms with E-state index in [0.717, 1.165) is 5.56 Å². The third kappa shape index (κ3) is 7.01. The van der Waals surface area contributed by atoms with Gasteiger partial charge in [0.25, 0.3) is 10.0 Å². The summed E-state index contributed by atoms with van der Waals surface area (Å²) in [5.41, 5.74) is 1.98. The van der Waals surface area contributed by atoms with Crippen molar-refractivity contribution < 1.29 is 32.2 Å². The first kappa shape index (κ1) is 27.8. The number of nitrogens with one attached hydrogen (secondary N) is 2. The van der Waals surface area contributed by atoms with Gasteiger partial charge in [-0.1, -0.05) is 6.07 Å². The third-order valence-electron chi connectivity index (χ3n) is 6.05. The molecule has 1 saturated heterocycles. The number of nitrogens with zero attached hydrogens (tertiary/aromatic N) is 1. The zero-order valence-electron chi connectivity index (χ0n) is 22.0. The predicted molar refractivity (Wildman–Crippen MR) is 150 cm³/mol. The van der Waals surface area contributed by atoms with Crippen molar-refractivity contribution in [3.8, 4) is 17.2 Å². The lowest BCUT2D eigenvalue weighted by molar-refractivity contribution is -0.111. The number of morpholine rings is 1. The minimum Gasteiger partial charge on any atom is -0.497 e. The molecule has 1 aliphatic rings. The molecule has 3 aromatic rings. The topological polar surface area (TPSA) is 115 Å². The summed E-state index contributed by atoms with van der Waals surface area (Å²) in [6.07, 6.45) is 2.99. The molecule has 0 spiro atoms. The molecule has 0 atom stereocenters. The van der Waals surface area contributed by atoms with Crippen molar-refractivity contribution in [2.75, 3.05) is 62.6 Å². The Hall–Kier alpha value is -4.22. The zero-order chi connectivity index (χ0) is 27.8. The molecule has 0 radical (unpaired) electrons. The van der Waals surface area contributed by atoms with Gasteiger partial charge in [-0.2, -0.15) is 0 Å². The molecule has 0 aliphatic carbocycles. The number of ether oxygens (including phenoxy) is 4. The molecular weight excluding hydrogens is 522 g/mol. The van der Waals surface area contributed by atoms with Crippen molar-refractivity contribution in [2.24, 2.45) is 0 Å². The Morgan fingerprint density at radius 2 is 1.56 bits per heavy atom. The maximum absolute atomic E-state index is 13.5. The van der Waals surface area contributed by atoms with Crippen LogP contribution < -0.4 is 29.1 Å². The van der Waals surface area contributed by atoms with Gasteiger partial charge in [-0.15, -0.1) is 0 Å². The van der Waals surface area contributed by atoms with Crippen LogP contribution in [0.25, 0.3) is 6.08 Å². The van der Waals surface area contributed by atoms with Gasteiger partial charge < -0.3 is 29.2 Å². The van der Waals surface area contributed by atoms with E-state index in [0.29, 0.717) is 60.6 Å². The first-order valence-electron chi connectivity index (χ1n) is 12.2. The minimum absolute atomic E-state index is 0.0434. The van der Waals surface area contributed by atoms with Crippen LogP contribution in [0.2, 0.25) is 0 Å². The average Bonchev–Trinajstić information content (AvgIpc) is 2.96. The van der Waals surface area contributed by atoms with Gasteiger partial charge in [0, 0.05) is 30.5 Å². The molecule has 0 aromatic heterocycles. The van der Waals surface area contributed by atoms with Gasteiger partial charge in [-0.05, 0) is 66.2 Å². The van der Waals surface area contributed by atoms with Crippen LogP contribution in [0.3, 0.4) is 0 Å². The van der Waals surface area contributed by atoms with Crippen LogP contribution in [0, 0.1) is 0 Å². The van der Waals surface area contributed by atoms with Crippen molar-refractivity contribution in [1.82, 2.24) is 0 Å². The Labute approximate surface area is 228 Å². The van der Waals surface area contributed by atoms with E-state index in [-0.39, 0.29) is 4.90 Å². The maximum atomic E-state index is 13.5. The molecule has 2 N–H and O–H groups in total. The molecule has 11 heteroatoms. The molecule has 0 saturated carbocycles. The standard InChI is InChI=1S/C28H31N3O7S/c1-35-23-9-6-21(7-10-23)30-39(33,34)27-19-22(8-11-24(27)31-14-16-38-17-15-31)29-28(32)13-5-20-4-12-25(36-2)26(18-20)37-3/h4-13,18-19,30H,14-17H2,1-3H3,(H,29,32). The van der Waals surface area contributed by atoms with Gasteiger partial charge in [0.05, 0.1) is 40.2 Å². The van der Waals surface area contributed by atoms with E-state index in [1.165, 1.54) is 26.4 Å². The summed E-state index contributed by atoms with van der Waals surface area (Å²) in [5, 5.41) is 2.75. The fraction of sp³-hybridized carbons (Fsp3) is 0.250. The average molecular weight is 554 g/mol. The van der Waals surface area contributed by atoms with Crippen molar-refractivity contribution in [3.05, 3.63) is 72.3 Å². The third-order valence-corrected chi connectivity index (χ3v) is 7.46. The first-order valence-corrected chi connectivity index (χ1v) is 13.7. The summed E-state index contributed by atoms with van der Waals surface area (Å²) in [7, 11) is 0.612. The highest BCUT2D eigenvalue weighted by Gasteiger charge is 2.24. The largest absolute Gasteiger partial charge is 0.497 e. The quantitative estimate of drug-likeness (QED) is 0.362. The molecule has 0 bridgehead atoms. The van der Waals surface area contributed by atoms with Gasteiger partial charge in [-0.3, -0.25) is 9.52 Å². The molecule has 1 heterocycles. The number of amides is 1. The molecular formula is C28H31N3O7S. The van der Waals surface area contributed by atoms with Crippen LogP contribution in [0.4, 0.5) is 17.1 Å². The lowest BCUT2D eigenvalue weighted by atomic mass is 10.2. The Balaban J connectivity index is 1.58. The van der Waals surface area contributed by atoms with Crippen LogP contribution in [0.1, 0.15) is 5.56 Å². The Kier molecular flexibility index (Phi) is 8.95. The van der Waals surface area contributed by atoms with Gasteiger partial charge in [0.2, 0.25) is 5.91 Å². The highest BCUT2D eigenvalue weighted by Crippen LogP contribution is 2.31. The highest BCUT2D eigenvalue weighted by atomic mass is 32.2. The molecule has 4 rings (SSSR count). The van der Waals surface area contributed by atoms with E-state index in [9.17, 15) is 13.2 Å². The molecule has 39 heavy (non-hydrogen) atoms. The van der Waals surface area contributed by atoms with E-state index in [1.54, 1.807) is 67.8 Å². The van der Waals surface area contributed by atoms with Gasteiger partial charge in [0.1, 0.15) is 10.6 Å². The number of carbonyl (C=O) groups excluding carboxylic acids is 1. The van der Waals surface area contributed by atoms with Crippen molar-refractivity contribution >= 4 is 39.1 Å². The molecule has 206 valence electrons. The van der Waals surface area contributed by atoms with Gasteiger partial charge in [0.15, 0.2) is 11.5 Å². The number of hydrogen-bond acceptors (Lipinski definition) is 8. The lowest BCUT2D eigenvalue weighted by Gasteiger charge is -2.30. The minimum atomic E-state index is -4.01. The Morgan fingerprint density at radius 1 is 0.872 bits per heavy atom. The Bertz CT molecular complexity index is 1430. The second-order valence-corrected chi connectivity index (χ2v) is 10.2. The van der Waals surface area contributed by atoms with Crippen molar-refractivity contribution in [1.29, 1.82) is 0 Å². The van der Waals surface area contributed by atoms with E-state index in [2.05, 4.69) is 10.0 Å². The van der Waals surface area contributed by atoms with Crippen LogP contribution in [-0.4, -0.2) is 62.0 Å². The van der Waals surface area contributed by atoms with Crippen LogP contribution in [-0.2, 0) is 19.6 Å². The SMILES string of the molecule is COc1ccc(NS(=O)(=O)c2cc(NC(=O)C=Cc3ccc(OC)c(OC)c3)ccc2N2CCOCC2)cc1. The summed E-state index contributed by atoms with van der Waals surface area (Å²) < 4.78 is 50.8. The fourth-order valence-electron chi connectivity index (χ4n) is 4.05. The highest BCUT2D eigenvalue weighted by molar-refractivity contribution is 7.92. The van der Waals surface area contributed by atoms with E-state index in [1.807, 2.05) is 4.90 Å². The van der Waals surface area contributed by atoms with Crippen LogP contribution in [0.15, 0.2) is 71.6 Å². The summed E-state index contributed by atoms with van der Waals surface area (Å²) in [4.78, 5) is 14.7. The van der Waals surface area contributed by atoms with E-state index in [4.69, 9.17) is 18.9 Å². The lowest BCUT2D eigenvalue weighted by Crippen LogP contribution is -2.37. The maximum Gasteiger partial charge on any atom is 0.264 e. The van der Waals surface area contributed by atoms with Gasteiger partial charge in [-0.25, -0.2) is 8.42 Å². The smallest absolute Gasteiger partial charge is 0.264 e. The molecule has 3 aromatic carbocycles. The molecule has 10 nitrogen and oxygen atoms in total. The second-order valence-electron chi connectivity index (χ2n) is 8.55. The number of rotatable bonds is 10. The monoisotopic (exact) mass is 553 g/mol. The first-order chi connectivity index (χ1) is 18.8. The number of sulfonamides is 1. The van der Waals surface area contributed by atoms with Crippen molar-refractivity contribution in [2.45, 2.75) is 4.90 Å². The molecule has 1 aliphatic heterocycles. The molecule has 0 unspecified atom stereocenters. The van der Waals surface area contributed by atoms with Gasteiger partial charge >= 0.3 is 0 Å². The summed E-state index contributed by atoms with van der Waals surface area (Å²) >= 11 is 0. The normalized spacial score (nSPS) is 13.7. The second kappa shape index (κ2) is 12.5. The molecule has 1 amide bonds. The van der Waals surface area contributed by atoms with Crippen LogP contribution >= 0.6 is 0 Å². The summed E-state index contributed by atoms with van der Waals surface area (Å²) in [6.45, 7) is 2.07.